The molecule has 17 N–H and O–H groups in total. The summed E-state index contributed by atoms with van der Waals surface area (Å²) in [4.78, 5) is 24.2. The number of amides is 2. The van der Waals surface area contributed by atoms with Gasteiger partial charge in [0.2, 0.25) is 11.8 Å². The summed E-state index contributed by atoms with van der Waals surface area (Å²) < 4.78 is 50.8. The van der Waals surface area contributed by atoms with E-state index in [1.54, 1.807) is 0 Å². The maximum atomic E-state index is 12.4. The van der Waals surface area contributed by atoms with Crippen molar-refractivity contribution in [2.24, 2.45) is 0 Å². The fourth-order valence-electron chi connectivity index (χ4n) is 7.73. The van der Waals surface area contributed by atoms with E-state index < -0.39 is 198 Å². The molecule has 0 aromatic carbocycles. The van der Waals surface area contributed by atoms with Crippen molar-refractivity contribution in [3.05, 3.63) is 0 Å². The van der Waals surface area contributed by atoms with Gasteiger partial charge < -0.3 is 130 Å². The third-order valence-electron chi connectivity index (χ3n) is 11.1. The summed E-state index contributed by atoms with van der Waals surface area (Å²) in [6.07, 6.45) is -42.3. The summed E-state index contributed by atoms with van der Waals surface area (Å²) in [5, 5.41) is 163. The fraction of sp³-hybridized carbons (Fsp3) is 0.941. The highest BCUT2D eigenvalue weighted by atomic mass is 16.8. The molecule has 0 radical (unpaired) electrons. The van der Waals surface area contributed by atoms with Gasteiger partial charge in [0.05, 0.1) is 33.0 Å². The third-order valence-corrected chi connectivity index (χ3v) is 11.1. The first-order valence-electron chi connectivity index (χ1n) is 19.6. The predicted molar refractivity (Wildman–Crippen MR) is 190 cm³/mol. The van der Waals surface area contributed by atoms with Crippen molar-refractivity contribution >= 4 is 11.8 Å². The number of hydrogen-bond donors (Lipinski definition) is 17. The monoisotopic (exact) mass is 910 g/mol. The van der Waals surface area contributed by atoms with Crippen molar-refractivity contribution in [3.63, 3.8) is 0 Å². The number of rotatable bonds is 15. The smallest absolute Gasteiger partial charge is 0.217 e. The van der Waals surface area contributed by atoms with E-state index in [9.17, 15) is 86.2 Å². The lowest BCUT2D eigenvalue weighted by atomic mass is 9.94. The zero-order chi connectivity index (χ0) is 45.9. The van der Waals surface area contributed by atoms with E-state index >= 15 is 0 Å². The van der Waals surface area contributed by atoms with Gasteiger partial charge in [0.25, 0.3) is 0 Å². The number of hydrogen-bond acceptors (Lipinski definition) is 26. The van der Waals surface area contributed by atoms with Crippen LogP contribution >= 0.6 is 0 Å². The molecule has 0 aromatic heterocycles. The molecule has 19 unspecified atom stereocenters. The largest absolute Gasteiger partial charge is 0.394 e. The van der Waals surface area contributed by atoms with Gasteiger partial charge in [0.15, 0.2) is 31.5 Å². The lowest BCUT2D eigenvalue weighted by Crippen LogP contribution is -2.70. The van der Waals surface area contributed by atoms with Gasteiger partial charge in [0.1, 0.15) is 122 Å². The molecule has 0 bridgehead atoms. The van der Waals surface area contributed by atoms with Crippen molar-refractivity contribution in [1.82, 2.24) is 10.6 Å². The van der Waals surface area contributed by atoms with Crippen molar-refractivity contribution < 1.29 is 129 Å². The number of nitrogens with one attached hydrogen (secondary N) is 2. The van der Waals surface area contributed by atoms with Gasteiger partial charge in [-0.3, -0.25) is 9.59 Å². The van der Waals surface area contributed by atoms with Crippen LogP contribution in [0.25, 0.3) is 0 Å². The molecule has 0 aliphatic carbocycles. The lowest BCUT2D eigenvalue weighted by Gasteiger charge is -2.50. The standard InChI is InChI=1S/C34H58N2O26/c1-8(41)35-15-20(46)27(12(5-39)55-30(15)53)60-31-16(36-9(2)42)21(47)28(13(6-40)58-31)61-34-26(52)29(62-33-25(51)23(49)18(44)11(4-38)57-33)19(45)14(59-34)7-54-32-24(50)22(48)17(43)10(3-37)56-32/h10-34,37-40,43-53H,3-7H2,1-2H3,(H,35,41)(H,36,42)/t10?,11?,12?,13?,14?,15?,16?,17-,18?,19?,20-,21-,22+,23?,24?,25?,26?,27?,28-,29+,30?,31?,32?,33?,34?/m1/s1. The van der Waals surface area contributed by atoms with Crippen LogP contribution in [-0.2, 0) is 52.2 Å². The van der Waals surface area contributed by atoms with Crippen LogP contribution in [0.5, 0.6) is 0 Å². The van der Waals surface area contributed by atoms with E-state index in [2.05, 4.69) is 10.6 Å². The minimum Gasteiger partial charge on any atom is -0.394 e. The molecule has 360 valence electrons. The summed E-state index contributed by atoms with van der Waals surface area (Å²) in [5.41, 5.74) is 0. The van der Waals surface area contributed by atoms with Gasteiger partial charge in [-0.15, -0.1) is 0 Å². The average molecular weight is 911 g/mol. The number of carbonyl (C=O) groups excluding carboxylic acids is 2. The van der Waals surface area contributed by atoms with Crippen LogP contribution in [0, 0.1) is 0 Å². The molecule has 0 aromatic rings. The summed E-state index contributed by atoms with van der Waals surface area (Å²) >= 11 is 0. The first-order chi connectivity index (χ1) is 29.3. The molecule has 5 aliphatic rings. The zero-order valence-corrected chi connectivity index (χ0v) is 33.2. The Bertz CT molecular complexity index is 1440. The van der Waals surface area contributed by atoms with E-state index in [1.165, 1.54) is 0 Å². The Labute approximate surface area is 351 Å². The van der Waals surface area contributed by atoms with Crippen LogP contribution in [-0.4, -0.2) is 275 Å². The molecule has 28 heteroatoms. The summed E-state index contributed by atoms with van der Waals surface area (Å²) in [7, 11) is 0. The van der Waals surface area contributed by atoms with Crippen LogP contribution in [0.3, 0.4) is 0 Å². The summed E-state index contributed by atoms with van der Waals surface area (Å²) in [6.45, 7) is -2.31. The Morgan fingerprint density at radius 2 is 0.823 bits per heavy atom. The van der Waals surface area contributed by atoms with Gasteiger partial charge in [0, 0.05) is 13.8 Å². The number of ether oxygens (including phenoxy) is 9. The fourth-order valence-corrected chi connectivity index (χ4v) is 7.73. The third kappa shape index (κ3) is 11.0. The van der Waals surface area contributed by atoms with Gasteiger partial charge in [-0.1, -0.05) is 0 Å². The SMILES string of the molecule is CC(=O)NC1C(O)OC(CO)C(OC2OC(CO)[C@@H](OC3OC(COC4OC(CO)[C@@H](O)[C@H](O)C4O)C(O)[C@H](OC4OC(CO)C(O)C(O)C4O)C3O)[C@H](O)C2NC(C)=O)[C@@H]1O. The highest BCUT2D eigenvalue weighted by Crippen LogP contribution is 2.35. The van der Waals surface area contributed by atoms with Crippen molar-refractivity contribution in [2.45, 2.75) is 167 Å². The van der Waals surface area contributed by atoms with E-state index in [0.717, 1.165) is 13.8 Å². The van der Waals surface area contributed by atoms with E-state index in [-0.39, 0.29) is 0 Å². The van der Waals surface area contributed by atoms with Gasteiger partial charge in [-0.05, 0) is 0 Å². The minimum absolute atomic E-state index is 0.693. The maximum Gasteiger partial charge on any atom is 0.217 e. The van der Waals surface area contributed by atoms with Crippen LogP contribution in [0.1, 0.15) is 13.8 Å². The van der Waals surface area contributed by atoms with Crippen molar-refractivity contribution in [3.8, 4) is 0 Å². The number of aliphatic hydroxyl groups excluding tert-OH is 15. The predicted octanol–water partition coefficient (Wildman–Crippen LogP) is -11.6. The molecule has 25 atom stereocenters. The molecule has 0 saturated carbocycles. The van der Waals surface area contributed by atoms with Crippen LogP contribution in [0.15, 0.2) is 0 Å². The molecule has 5 aliphatic heterocycles. The molecule has 5 saturated heterocycles. The molecule has 5 heterocycles. The van der Waals surface area contributed by atoms with Crippen molar-refractivity contribution in [2.75, 3.05) is 33.0 Å². The summed E-state index contributed by atoms with van der Waals surface area (Å²) in [6, 6.07) is -3.19. The molecule has 2 amide bonds. The highest BCUT2D eigenvalue weighted by Gasteiger charge is 2.56. The molecule has 0 spiro atoms. The summed E-state index contributed by atoms with van der Waals surface area (Å²) in [5.74, 6) is -1.49. The second-order valence-electron chi connectivity index (χ2n) is 15.5. The maximum absolute atomic E-state index is 12.4. The molecule has 62 heavy (non-hydrogen) atoms. The first kappa shape index (κ1) is 51.0. The second kappa shape index (κ2) is 22.0. The van der Waals surface area contributed by atoms with E-state index in [4.69, 9.17) is 42.6 Å². The molecule has 28 nitrogen and oxygen atoms in total. The second-order valence-corrected chi connectivity index (χ2v) is 15.5. The normalized spacial score (nSPS) is 49.0. The van der Waals surface area contributed by atoms with E-state index in [1.807, 2.05) is 0 Å². The Morgan fingerprint density at radius 1 is 0.419 bits per heavy atom. The van der Waals surface area contributed by atoms with Crippen molar-refractivity contribution in [1.29, 1.82) is 0 Å². The Balaban J connectivity index is 1.41. The average Bonchev–Trinajstić information content (AvgIpc) is 3.23. The zero-order valence-electron chi connectivity index (χ0n) is 33.2. The quantitative estimate of drug-likeness (QED) is 0.0725. The Kier molecular flexibility index (Phi) is 18.1. The highest BCUT2D eigenvalue weighted by molar-refractivity contribution is 5.73. The Hall–Kier alpha value is -2.02. The number of aliphatic hydroxyl groups is 15. The first-order valence-corrected chi connectivity index (χ1v) is 19.6. The van der Waals surface area contributed by atoms with Gasteiger partial charge >= 0.3 is 0 Å². The van der Waals surface area contributed by atoms with Gasteiger partial charge in [-0.2, -0.15) is 0 Å². The molecular formula is C34H58N2O26. The lowest BCUT2D eigenvalue weighted by molar-refractivity contribution is -0.384. The van der Waals surface area contributed by atoms with Gasteiger partial charge in [-0.25, -0.2) is 0 Å². The Morgan fingerprint density at radius 3 is 1.35 bits per heavy atom. The van der Waals surface area contributed by atoms with Crippen LogP contribution < -0.4 is 10.6 Å². The topological polar surface area (TPSA) is 445 Å². The van der Waals surface area contributed by atoms with Crippen LogP contribution in [0.2, 0.25) is 0 Å². The molecule has 5 fully saturated rings. The molecule has 5 rings (SSSR count). The minimum atomic E-state index is -2.18. The van der Waals surface area contributed by atoms with Crippen LogP contribution in [0.4, 0.5) is 0 Å². The number of carbonyl (C=O) groups is 2. The molecular weight excluding hydrogens is 852 g/mol. The van der Waals surface area contributed by atoms with E-state index in [0.29, 0.717) is 0 Å².